The number of carbonyl (C=O) groups is 3. The van der Waals surface area contributed by atoms with Crippen LogP contribution in [0, 0.1) is 18.7 Å². The lowest BCUT2D eigenvalue weighted by atomic mass is 9.97. The van der Waals surface area contributed by atoms with E-state index in [1.165, 1.54) is 30.6 Å². The van der Waals surface area contributed by atoms with Crippen LogP contribution in [-0.2, 0) is 19.1 Å². The second kappa shape index (κ2) is 9.07. The lowest BCUT2D eigenvalue weighted by Crippen LogP contribution is -2.42. The number of aromatic nitrogens is 2. The highest BCUT2D eigenvalue weighted by atomic mass is 32.1. The Morgan fingerprint density at radius 1 is 1.19 bits per heavy atom. The van der Waals surface area contributed by atoms with Gasteiger partial charge >= 0.3 is 11.9 Å². The highest BCUT2D eigenvalue weighted by Gasteiger charge is 2.28. The first-order valence-electron chi connectivity index (χ1n) is 10.1. The molecule has 1 fully saturated rings. The largest absolute Gasteiger partial charge is 0.469 e. The van der Waals surface area contributed by atoms with Crippen molar-refractivity contribution < 1.29 is 28.2 Å². The van der Waals surface area contributed by atoms with E-state index < -0.39 is 5.97 Å². The lowest BCUT2D eigenvalue weighted by Gasteiger charge is -2.30. The smallest absolute Gasteiger partial charge is 0.348 e. The van der Waals surface area contributed by atoms with Crippen LogP contribution in [0.5, 0.6) is 0 Å². The number of rotatable bonds is 5. The summed E-state index contributed by atoms with van der Waals surface area (Å²) in [7, 11) is 1.35. The number of aryl methyl sites for hydroxylation is 1. The van der Waals surface area contributed by atoms with Crippen molar-refractivity contribution in [3.63, 3.8) is 0 Å². The minimum atomic E-state index is -0.589. The van der Waals surface area contributed by atoms with E-state index in [1.54, 1.807) is 27.8 Å². The highest BCUT2D eigenvalue weighted by Crippen LogP contribution is 2.31. The number of thiophene rings is 1. The van der Waals surface area contributed by atoms with E-state index in [0.29, 0.717) is 36.5 Å². The van der Waals surface area contributed by atoms with Crippen LogP contribution in [0.1, 0.15) is 28.2 Å². The number of benzene rings is 1. The summed E-state index contributed by atoms with van der Waals surface area (Å²) in [5, 5.41) is 5.26. The average Bonchev–Trinajstić information content (AvgIpc) is 3.38. The summed E-state index contributed by atoms with van der Waals surface area (Å²) >= 11 is 1.20. The predicted molar refractivity (Wildman–Crippen MR) is 115 cm³/mol. The van der Waals surface area contributed by atoms with E-state index in [4.69, 9.17) is 9.47 Å². The summed E-state index contributed by atoms with van der Waals surface area (Å²) in [6.07, 6.45) is 1.06. The van der Waals surface area contributed by atoms with Gasteiger partial charge in [-0.3, -0.25) is 9.59 Å². The second-order valence-electron chi connectivity index (χ2n) is 7.56. The van der Waals surface area contributed by atoms with Crippen LogP contribution in [0.2, 0.25) is 0 Å². The number of amides is 1. The zero-order chi connectivity index (χ0) is 22.8. The van der Waals surface area contributed by atoms with Crippen LogP contribution < -0.4 is 0 Å². The molecule has 0 radical (unpaired) electrons. The van der Waals surface area contributed by atoms with Crippen molar-refractivity contribution in [1.29, 1.82) is 0 Å². The molecular weight excluding hydrogens is 437 g/mol. The summed E-state index contributed by atoms with van der Waals surface area (Å²) in [4.78, 5) is 39.3. The van der Waals surface area contributed by atoms with E-state index >= 15 is 0 Å². The zero-order valence-electron chi connectivity index (χ0n) is 17.7. The van der Waals surface area contributed by atoms with Crippen molar-refractivity contribution >= 4 is 39.4 Å². The fourth-order valence-electron chi connectivity index (χ4n) is 3.73. The molecule has 0 atom stereocenters. The molecule has 0 bridgehead atoms. The summed E-state index contributed by atoms with van der Waals surface area (Å²) in [6, 6.07) is 7.61. The summed E-state index contributed by atoms with van der Waals surface area (Å²) in [5.74, 6) is -1.69. The Hall–Kier alpha value is -3.27. The van der Waals surface area contributed by atoms with Gasteiger partial charge in [-0.05, 0) is 50.1 Å². The van der Waals surface area contributed by atoms with E-state index in [2.05, 4.69) is 5.10 Å². The van der Waals surface area contributed by atoms with Crippen LogP contribution in [-0.4, -0.2) is 59.3 Å². The molecule has 1 amide bonds. The number of esters is 2. The molecule has 0 aliphatic carbocycles. The third-order valence-corrected chi connectivity index (χ3v) is 6.62. The van der Waals surface area contributed by atoms with Gasteiger partial charge in [-0.15, -0.1) is 11.3 Å². The van der Waals surface area contributed by atoms with Crippen LogP contribution in [0.4, 0.5) is 4.39 Å². The highest BCUT2D eigenvalue weighted by molar-refractivity contribution is 7.20. The Labute approximate surface area is 187 Å². The van der Waals surface area contributed by atoms with E-state index in [1.807, 2.05) is 6.92 Å². The fraction of sp³-hybridized carbons (Fsp3) is 0.364. The number of piperidine rings is 1. The monoisotopic (exact) mass is 459 g/mol. The fourth-order valence-corrected chi connectivity index (χ4v) is 4.80. The number of likely N-dealkylation sites (tertiary alicyclic amines) is 1. The van der Waals surface area contributed by atoms with Crippen LogP contribution >= 0.6 is 11.3 Å². The van der Waals surface area contributed by atoms with Crippen LogP contribution in [0.3, 0.4) is 0 Å². The Morgan fingerprint density at radius 3 is 2.53 bits per heavy atom. The molecule has 4 rings (SSSR count). The van der Waals surface area contributed by atoms with Crippen molar-refractivity contribution in [2.24, 2.45) is 5.92 Å². The number of hydrogen-bond acceptors (Lipinski definition) is 7. The number of hydrogen-bond donors (Lipinski definition) is 0. The molecule has 1 saturated heterocycles. The van der Waals surface area contributed by atoms with Gasteiger partial charge in [0.1, 0.15) is 15.5 Å². The topological polar surface area (TPSA) is 90.7 Å². The summed E-state index contributed by atoms with van der Waals surface area (Å²) in [6.45, 7) is 2.31. The van der Waals surface area contributed by atoms with Gasteiger partial charge < -0.3 is 14.4 Å². The number of carbonyl (C=O) groups excluding carboxylic acids is 3. The molecule has 0 spiro atoms. The molecule has 168 valence electrons. The average molecular weight is 459 g/mol. The maximum absolute atomic E-state index is 13.2. The predicted octanol–water partition coefficient (Wildman–Crippen LogP) is 3.10. The number of nitrogens with zero attached hydrogens (tertiary/aromatic N) is 3. The Morgan fingerprint density at radius 2 is 1.88 bits per heavy atom. The summed E-state index contributed by atoms with van der Waals surface area (Å²) < 4.78 is 24.9. The van der Waals surface area contributed by atoms with E-state index in [0.717, 1.165) is 15.9 Å². The molecule has 8 nitrogen and oxygen atoms in total. The Balaban J connectivity index is 1.40. The molecule has 10 heteroatoms. The third kappa shape index (κ3) is 4.36. The summed E-state index contributed by atoms with van der Waals surface area (Å²) in [5.41, 5.74) is 1.40. The van der Waals surface area contributed by atoms with Crippen molar-refractivity contribution in [3.8, 4) is 5.69 Å². The van der Waals surface area contributed by atoms with Gasteiger partial charge in [0.2, 0.25) is 0 Å². The van der Waals surface area contributed by atoms with Gasteiger partial charge in [0, 0.05) is 18.5 Å². The zero-order valence-corrected chi connectivity index (χ0v) is 18.5. The molecule has 0 unspecified atom stereocenters. The van der Waals surface area contributed by atoms with Gasteiger partial charge in [-0.2, -0.15) is 5.10 Å². The lowest BCUT2D eigenvalue weighted by molar-refractivity contribution is -0.149. The minimum Gasteiger partial charge on any atom is -0.469 e. The van der Waals surface area contributed by atoms with Crippen LogP contribution in [0.25, 0.3) is 15.9 Å². The van der Waals surface area contributed by atoms with Crippen molar-refractivity contribution in [2.45, 2.75) is 19.8 Å². The molecule has 3 aromatic rings. The van der Waals surface area contributed by atoms with Crippen LogP contribution in [0.15, 0.2) is 30.3 Å². The van der Waals surface area contributed by atoms with E-state index in [-0.39, 0.29) is 30.2 Å². The molecule has 1 aromatic carbocycles. The number of halogens is 1. The van der Waals surface area contributed by atoms with Gasteiger partial charge in [-0.25, -0.2) is 13.9 Å². The van der Waals surface area contributed by atoms with Crippen molar-refractivity contribution in [1.82, 2.24) is 14.7 Å². The first-order chi connectivity index (χ1) is 15.4. The van der Waals surface area contributed by atoms with Gasteiger partial charge in [0.25, 0.3) is 5.91 Å². The standard InChI is InChI=1S/C22H22FN3O5S/c1-13-17-11-18(32-20(17)26(24-13)16-5-3-15(23)4-6-16)22(29)31-12-19(27)25-9-7-14(8-10-25)21(28)30-2/h3-6,11,14H,7-10,12H2,1-2H3. The molecule has 32 heavy (non-hydrogen) atoms. The normalized spacial score (nSPS) is 14.5. The molecule has 2 aromatic heterocycles. The second-order valence-corrected chi connectivity index (χ2v) is 8.59. The number of methoxy groups -OCH3 is 1. The van der Waals surface area contributed by atoms with Crippen molar-refractivity contribution in [3.05, 3.63) is 46.7 Å². The Kier molecular flexibility index (Phi) is 6.22. The maximum atomic E-state index is 13.2. The SMILES string of the molecule is COC(=O)C1CCN(C(=O)COC(=O)c2cc3c(C)nn(-c4ccc(F)cc4)c3s2)CC1. The molecule has 3 heterocycles. The first-order valence-corrected chi connectivity index (χ1v) is 11.0. The van der Waals surface area contributed by atoms with E-state index in [9.17, 15) is 18.8 Å². The third-order valence-electron chi connectivity index (χ3n) is 5.53. The molecule has 0 saturated carbocycles. The molecule has 1 aliphatic heterocycles. The molecule has 0 N–H and O–H groups in total. The first kappa shape index (κ1) is 21.9. The van der Waals surface area contributed by atoms with Gasteiger partial charge in [-0.1, -0.05) is 0 Å². The minimum absolute atomic E-state index is 0.200. The number of ether oxygens (including phenoxy) is 2. The van der Waals surface area contributed by atoms with Gasteiger partial charge in [0.05, 0.1) is 24.4 Å². The number of fused-ring (bicyclic) bond motifs is 1. The maximum Gasteiger partial charge on any atom is 0.348 e. The molecule has 1 aliphatic rings. The van der Waals surface area contributed by atoms with Crippen molar-refractivity contribution in [2.75, 3.05) is 26.8 Å². The quantitative estimate of drug-likeness (QED) is 0.545. The molecular formula is C22H22FN3O5S. The Bertz CT molecular complexity index is 1160. The van der Waals surface area contributed by atoms with Gasteiger partial charge in [0.15, 0.2) is 6.61 Å².